The Kier molecular flexibility index (Phi) is 2.12. The standard InChI is InChI=1S/C15H9N5/c16-5-10-7-18-15-12(10)4-9(6-17-15)11-2-1-3-14-13(11)8-19-20-14/h1-4,6-8H,(H,17,18)(H,19,20). The molecule has 0 saturated heterocycles. The smallest absolute Gasteiger partial charge is 0.138 e. The van der Waals surface area contributed by atoms with Gasteiger partial charge in [0, 0.05) is 28.7 Å². The van der Waals surface area contributed by atoms with Gasteiger partial charge in [-0.25, -0.2) is 4.98 Å². The molecule has 5 heteroatoms. The van der Waals surface area contributed by atoms with E-state index in [0.717, 1.165) is 33.1 Å². The molecule has 0 saturated carbocycles. The summed E-state index contributed by atoms with van der Waals surface area (Å²) in [4.78, 5) is 7.38. The lowest BCUT2D eigenvalue weighted by atomic mass is 10.0. The van der Waals surface area contributed by atoms with Crippen LogP contribution in [0.5, 0.6) is 0 Å². The molecule has 4 rings (SSSR count). The predicted octanol–water partition coefficient (Wildman–Crippen LogP) is 2.98. The van der Waals surface area contributed by atoms with Crippen LogP contribution >= 0.6 is 0 Å². The zero-order chi connectivity index (χ0) is 13.5. The van der Waals surface area contributed by atoms with Crippen molar-refractivity contribution in [1.29, 1.82) is 5.26 Å². The summed E-state index contributed by atoms with van der Waals surface area (Å²) >= 11 is 0. The molecule has 0 atom stereocenters. The van der Waals surface area contributed by atoms with Crippen LogP contribution in [-0.2, 0) is 0 Å². The van der Waals surface area contributed by atoms with Gasteiger partial charge in [0.25, 0.3) is 0 Å². The number of pyridine rings is 1. The van der Waals surface area contributed by atoms with Crippen LogP contribution in [0.3, 0.4) is 0 Å². The summed E-state index contributed by atoms with van der Waals surface area (Å²) in [5.41, 5.74) is 4.34. The van der Waals surface area contributed by atoms with Crippen molar-refractivity contribution in [3.63, 3.8) is 0 Å². The van der Waals surface area contributed by atoms with Crippen LogP contribution in [0.25, 0.3) is 33.1 Å². The van der Waals surface area contributed by atoms with E-state index in [9.17, 15) is 0 Å². The Balaban J connectivity index is 2.02. The van der Waals surface area contributed by atoms with Crippen molar-refractivity contribution >= 4 is 21.9 Å². The second-order valence-corrected chi connectivity index (χ2v) is 4.57. The minimum atomic E-state index is 0.605. The van der Waals surface area contributed by atoms with Crippen molar-refractivity contribution in [2.45, 2.75) is 0 Å². The summed E-state index contributed by atoms with van der Waals surface area (Å²) < 4.78 is 0. The molecule has 0 aliphatic heterocycles. The summed E-state index contributed by atoms with van der Waals surface area (Å²) in [5, 5.41) is 18.0. The third-order valence-corrected chi connectivity index (χ3v) is 3.45. The summed E-state index contributed by atoms with van der Waals surface area (Å²) in [6.45, 7) is 0. The topological polar surface area (TPSA) is 81.1 Å². The number of aromatic nitrogens is 4. The maximum Gasteiger partial charge on any atom is 0.138 e. The molecule has 1 aromatic carbocycles. The first-order chi connectivity index (χ1) is 9.86. The van der Waals surface area contributed by atoms with Crippen molar-refractivity contribution < 1.29 is 0 Å². The van der Waals surface area contributed by atoms with Gasteiger partial charge in [0.15, 0.2) is 0 Å². The van der Waals surface area contributed by atoms with Crippen molar-refractivity contribution in [3.8, 4) is 17.2 Å². The van der Waals surface area contributed by atoms with E-state index in [-0.39, 0.29) is 0 Å². The SMILES string of the molecule is N#Cc1c[nH]c2ncc(-c3cccc4[nH]ncc34)cc12. The molecular formula is C15H9N5. The molecule has 0 unspecified atom stereocenters. The highest BCUT2D eigenvalue weighted by Crippen LogP contribution is 2.29. The van der Waals surface area contributed by atoms with Crippen LogP contribution in [0, 0.1) is 11.3 Å². The van der Waals surface area contributed by atoms with Crippen molar-refractivity contribution in [3.05, 3.63) is 48.4 Å². The van der Waals surface area contributed by atoms with Crippen molar-refractivity contribution in [2.75, 3.05) is 0 Å². The highest BCUT2D eigenvalue weighted by atomic mass is 15.1. The molecule has 0 fully saturated rings. The Hall–Kier alpha value is -3.13. The first-order valence-corrected chi connectivity index (χ1v) is 6.16. The van der Waals surface area contributed by atoms with Crippen LogP contribution in [0.4, 0.5) is 0 Å². The molecule has 5 nitrogen and oxygen atoms in total. The third-order valence-electron chi connectivity index (χ3n) is 3.45. The minimum Gasteiger partial charge on any atom is -0.345 e. The highest BCUT2D eigenvalue weighted by molar-refractivity contribution is 5.96. The molecule has 0 amide bonds. The molecule has 0 aliphatic rings. The second-order valence-electron chi connectivity index (χ2n) is 4.57. The fourth-order valence-electron chi connectivity index (χ4n) is 2.46. The Bertz CT molecular complexity index is 971. The number of nitriles is 1. The first kappa shape index (κ1) is 10.8. The number of aromatic amines is 2. The summed E-state index contributed by atoms with van der Waals surface area (Å²) in [5.74, 6) is 0. The van der Waals surface area contributed by atoms with Gasteiger partial charge in [-0.05, 0) is 17.7 Å². The van der Waals surface area contributed by atoms with Gasteiger partial charge in [0.2, 0.25) is 0 Å². The minimum absolute atomic E-state index is 0.605. The van der Waals surface area contributed by atoms with E-state index < -0.39 is 0 Å². The van der Waals surface area contributed by atoms with Crippen LogP contribution in [0.1, 0.15) is 5.56 Å². The van der Waals surface area contributed by atoms with E-state index in [1.54, 1.807) is 12.4 Å². The maximum atomic E-state index is 9.11. The van der Waals surface area contributed by atoms with E-state index in [2.05, 4.69) is 26.2 Å². The Labute approximate surface area is 113 Å². The lowest BCUT2D eigenvalue weighted by Gasteiger charge is -2.03. The van der Waals surface area contributed by atoms with Crippen LogP contribution < -0.4 is 0 Å². The fraction of sp³-hybridized carbons (Fsp3) is 0. The number of hydrogen-bond acceptors (Lipinski definition) is 3. The molecule has 0 aliphatic carbocycles. The number of fused-ring (bicyclic) bond motifs is 2. The van der Waals surface area contributed by atoms with Gasteiger partial charge in [-0.15, -0.1) is 0 Å². The third kappa shape index (κ3) is 1.42. The van der Waals surface area contributed by atoms with Crippen LogP contribution in [-0.4, -0.2) is 20.2 Å². The van der Waals surface area contributed by atoms with E-state index in [1.807, 2.05) is 30.5 Å². The van der Waals surface area contributed by atoms with Crippen molar-refractivity contribution in [1.82, 2.24) is 20.2 Å². The molecule has 0 radical (unpaired) electrons. The van der Waals surface area contributed by atoms with Gasteiger partial charge in [-0.2, -0.15) is 10.4 Å². The van der Waals surface area contributed by atoms with Crippen molar-refractivity contribution in [2.24, 2.45) is 0 Å². The number of nitrogens with zero attached hydrogens (tertiary/aromatic N) is 3. The molecular weight excluding hydrogens is 250 g/mol. The van der Waals surface area contributed by atoms with Crippen LogP contribution in [0.15, 0.2) is 42.9 Å². The fourth-order valence-corrected chi connectivity index (χ4v) is 2.46. The number of benzene rings is 1. The summed E-state index contributed by atoms with van der Waals surface area (Å²) in [6, 6.07) is 10.1. The van der Waals surface area contributed by atoms with Gasteiger partial charge in [0.1, 0.15) is 11.7 Å². The molecule has 0 spiro atoms. The van der Waals surface area contributed by atoms with Crippen LogP contribution in [0.2, 0.25) is 0 Å². The Morgan fingerprint density at radius 2 is 2.10 bits per heavy atom. The number of nitrogens with one attached hydrogen (secondary N) is 2. The highest BCUT2D eigenvalue weighted by Gasteiger charge is 2.09. The lowest BCUT2D eigenvalue weighted by Crippen LogP contribution is -1.83. The van der Waals surface area contributed by atoms with E-state index >= 15 is 0 Å². The second kappa shape index (κ2) is 3.93. The average Bonchev–Trinajstić information content (AvgIpc) is 3.12. The number of H-pyrrole nitrogens is 2. The average molecular weight is 259 g/mol. The normalized spacial score (nSPS) is 10.9. The van der Waals surface area contributed by atoms with E-state index in [0.29, 0.717) is 5.56 Å². The molecule has 94 valence electrons. The molecule has 3 heterocycles. The molecule has 2 N–H and O–H groups in total. The monoisotopic (exact) mass is 259 g/mol. The predicted molar refractivity (Wildman–Crippen MR) is 75.9 cm³/mol. The largest absolute Gasteiger partial charge is 0.345 e. The van der Waals surface area contributed by atoms with Gasteiger partial charge < -0.3 is 4.98 Å². The lowest BCUT2D eigenvalue weighted by molar-refractivity contribution is 1.12. The molecule has 4 aromatic rings. The first-order valence-electron chi connectivity index (χ1n) is 6.16. The van der Waals surface area contributed by atoms with Gasteiger partial charge in [-0.1, -0.05) is 12.1 Å². The number of hydrogen-bond donors (Lipinski definition) is 2. The zero-order valence-electron chi connectivity index (χ0n) is 10.4. The molecule has 20 heavy (non-hydrogen) atoms. The maximum absolute atomic E-state index is 9.11. The Morgan fingerprint density at radius 1 is 1.15 bits per heavy atom. The quantitative estimate of drug-likeness (QED) is 0.551. The summed E-state index contributed by atoms with van der Waals surface area (Å²) in [7, 11) is 0. The van der Waals surface area contributed by atoms with Gasteiger partial charge in [0.05, 0.1) is 17.3 Å². The molecule has 3 aromatic heterocycles. The van der Waals surface area contributed by atoms with Gasteiger partial charge >= 0.3 is 0 Å². The zero-order valence-corrected chi connectivity index (χ0v) is 10.4. The van der Waals surface area contributed by atoms with E-state index in [4.69, 9.17) is 5.26 Å². The Morgan fingerprint density at radius 3 is 3.00 bits per heavy atom. The van der Waals surface area contributed by atoms with Gasteiger partial charge in [-0.3, -0.25) is 5.10 Å². The molecule has 0 bridgehead atoms. The number of rotatable bonds is 1. The van der Waals surface area contributed by atoms with E-state index in [1.165, 1.54) is 0 Å². The summed E-state index contributed by atoms with van der Waals surface area (Å²) in [6.07, 6.45) is 5.29.